The van der Waals surface area contributed by atoms with Crippen LogP contribution >= 0.6 is 0 Å². The van der Waals surface area contributed by atoms with Crippen molar-refractivity contribution in [1.82, 2.24) is 4.98 Å². The van der Waals surface area contributed by atoms with Gasteiger partial charge in [-0.15, -0.1) is 0 Å². The van der Waals surface area contributed by atoms with E-state index in [1.807, 2.05) is 13.0 Å². The van der Waals surface area contributed by atoms with Crippen LogP contribution < -0.4 is 4.74 Å². The molecule has 1 aromatic heterocycles. The van der Waals surface area contributed by atoms with E-state index in [2.05, 4.69) is 4.98 Å². The number of aryl methyl sites for hydroxylation is 1. The first-order chi connectivity index (χ1) is 5.65. The van der Waals surface area contributed by atoms with Crippen LogP contribution in [0.1, 0.15) is 18.2 Å². The molecule has 0 amide bonds. The lowest BCUT2D eigenvalue weighted by molar-refractivity contribution is 0.409. The maximum Gasteiger partial charge on any atom is 0.140 e. The SMILES string of the molecule is COc1cc(C(C)=N)cnc1C. The largest absolute Gasteiger partial charge is 0.495 e. The molecule has 3 heteroatoms. The Morgan fingerprint density at radius 2 is 2.25 bits per heavy atom. The molecule has 3 nitrogen and oxygen atoms in total. The summed E-state index contributed by atoms with van der Waals surface area (Å²) in [4.78, 5) is 4.11. The average Bonchev–Trinajstić information content (AvgIpc) is 2.05. The summed E-state index contributed by atoms with van der Waals surface area (Å²) in [5.41, 5.74) is 2.15. The highest BCUT2D eigenvalue weighted by Gasteiger charge is 2.02. The molecule has 0 saturated carbocycles. The van der Waals surface area contributed by atoms with Gasteiger partial charge in [-0.3, -0.25) is 4.98 Å². The Kier molecular flexibility index (Phi) is 2.43. The summed E-state index contributed by atoms with van der Waals surface area (Å²) >= 11 is 0. The Morgan fingerprint density at radius 1 is 1.58 bits per heavy atom. The fourth-order valence-electron chi connectivity index (χ4n) is 0.925. The van der Waals surface area contributed by atoms with E-state index in [9.17, 15) is 0 Å². The minimum Gasteiger partial charge on any atom is -0.495 e. The van der Waals surface area contributed by atoms with E-state index in [1.165, 1.54) is 0 Å². The van der Waals surface area contributed by atoms with Gasteiger partial charge in [0.1, 0.15) is 5.75 Å². The number of ether oxygens (including phenoxy) is 1. The summed E-state index contributed by atoms with van der Waals surface area (Å²) in [6.07, 6.45) is 1.68. The van der Waals surface area contributed by atoms with Crippen LogP contribution in [0.15, 0.2) is 12.3 Å². The highest BCUT2D eigenvalue weighted by molar-refractivity contribution is 5.96. The lowest BCUT2D eigenvalue weighted by Crippen LogP contribution is -1.97. The Morgan fingerprint density at radius 3 is 2.75 bits per heavy atom. The van der Waals surface area contributed by atoms with Gasteiger partial charge in [0.2, 0.25) is 0 Å². The van der Waals surface area contributed by atoms with Gasteiger partial charge in [-0.25, -0.2) is 0 Å². The van der Waals surface area contributed by atoms with Gasteiger partial charge in [-0.2, -0.15) is 0 Å². The summed E-state index contributed by atoms with van der Waals surface area (Å²) < 4.78 is 5.08. The zero-order chi connectivity index (χ0) is 9.14. The van der Waals surface area contributed by atoms with Gasteiger partial charge in [0.15, 0.2) is 0 Å². The lowest BCUT2D eigenvalue weighted by Gasteiger charge is -2.04. The molecule has 1 N–H and O–H groups in total. The molecule has 1 heterocycles. The molecule has 0 radical (unpaired) electrons. The van der Waals surface area contributed by atoms with Crippen molar-refractivity contribution in [1.29, 1.82) is 5.41 Å². The smallest absolute Gasteiger partial charge is 0.140 e. The maximum atomic E-state index is 7.38. The van der Waals surface area contributed by atoms with Gasteiger partial charge < -0.3 is 10.1 Å². The minimum atomic E-state index is 0.501. The molecule has 1 rings (SSSR count). The Labute approximate surface area is 71.9 Å². The molecule has 0 saturated heterocycles. The average molecular weight is 164 g/mol. The molecule has 12 heavy (non-hydrogen) atoms. The molecule has 0 bridgehead atoms. The van der Waals surface area contributed by atoms with Gasteiger partial charge >= 0.3 is 0 Å². The van der Waals surface area contributed by atoms with Crippen LogP contribution in [0.25, 0.3) is 0 Å². The van der Waals surface area contributed by atoms with E-state index in [-0.39, 0.29) is 0 Å². The standard InChI is InChI=1S/C9H12N2O/c1-6(10)8-4-9(12-3)7(2)11-5-8/h4-5,10H,1-3H3. The highest BCUT2D eigenvalue weighted by atomic mass is 16.5. The number of hydrogen-bond acceptors (Lipinski definition) is 3. The Bertz CT molecular complexity index is 307. The van der Waals surface area contributed by atoms with Crippen LogP contribution in [0.3, 0.4) is 0 Å². The Hall–Kier alpha value is -1.38. The number of pyridine rings is 1. The normalized spacial score (nSPS) is 9.58. The molecular weight excluding hydrogens is 152 g/mol. The molecule has 0 atom stereocenters. The zero-order valence-electron chi connectivity index (χ0n) is 7.51. The van der Waals surface area contributed by atoms with Crippen molar-refractivity contribution >= 4 is 5.71 Å². The zero-order valence-corrected chi connectivity index (χ0v) is 7.51. The van der Waals surface area contributed by atoms with Crippen molar-refractivity contribution in [2.75, 3.05) is 7.11 Å². The molecule has 0 spiro atoms. The minimum absolute atomic E-state index is 0.501. The molecule has 0 aliphatic rings. The summed E-state index contributed by atoms with van der Waals surface area (Å²) in [5, 5.41) is 7.38. The first-order valence-corrected chi connectivity index (χ1v) is 3.71. The molecule has 0 fully saturated rings. The predicted octanol–water partition coefficient (Wildman–Crippen LogP) is 1.79. The summed E-state index contributed by atoms with van der Waals surface area (Å²) in [6, 6.07) is 1.82. The monoisotopic (exact) mass is 164 g/mol. The first-order valence-electron chi connectivity index (χ1n) is 3.71. The van der Waals surface area contributed by atoms with E-state index in [0.717, 1.165) is 17.0 Å². The summed E-state index contributed by atoms with van der Waals surface area (Å²) in [5.74, 6) is 0.735. The van der Waals surface area contributed by atoms with Crippen LogP contribution in [-0.4, -0.2) is 17.8 Å². The van der Waals surface area contributed by atoms with Crippen molar-refractivity contribution in [2.24, 2.45) is 0 Å². The molecule has 0 aliphatic carbocycles. The molecule has 0 unspecified atom stereocenters. The van der Waals surface area contributed by atoms with E-state index in [0.29, 0.717) is 5.71 Å². The van der Waals surface area contributed by atoms with Crippen molar-refractivity contribution in [3.63, 3.8) is 0 Å². The number of nitrogens with one attached hydrogen (secondary N) is 1. The first kappa shape index (κ1) is 8.71. The van der Waals surface area contributed by atoms with Crippen LogP contribution in [0.5, 0.6) is 5.75 Å². The third-order valence-electron chi connectivity index (χ3n) is 1.69. The molecule has 64 valence electrons. The van der Waals surface area contributed by atoms with Crippen molar-refractivity contribution < 1.29 is 4.74 Å². The summed E-state index contributed by atoms with van der Waals surface area (Å²) in [7, 11) is 1.60. The van der Waals surface area contributed by atoms with Crippen molar-refractivity contribution in [3.05, 3.63) is 23.5 Å². The van der Waals surface area contributed by atoms with Gasteiger partial charge in [0.05, 0.1) is 12.8 Å². The fraction of sp³-hybridized carbons (Fsp3) is 0.333. The van der Waals surface area contributed by atoms with Crippen LogP contribution in [0.2, 0.25) is 0 Å². The topological polar surface area (TPSA) is 46.0 Å². The van der Waals surface area contributed by atoms with Gasteiger partial charge in [-0.05, 0) is 19.9 Å². The van der Waals surface area contributed by atoms with Gasteiger partial charge in [0, 0.05) is 17.5 Å². The van der Waals surface area contributed by atoms with E-state index in [1.54, 1.807) is 20.2 Å². The number of nitrogens with zero attached hydrogens (tertiary/aromatic N) is 1. The van der Waals surface area contributed by atoms with Gasteiger partial charge in [0.25, 0.3) is 0 Å². The second-order valence-corrected chi connectivity index (χ2v) is 2.64. The van der Waals surface area contributed by atoms with E-state index in [4.69, 9.17) is 10.1 Å². The number of aromatic nitrogens is 1. The third kappa shape index (κ3) is 1.61. The van der Waals surface area contributed by atoms with Crippen LogP contribution in [-0.2, 0) is 0 Å². The molecule has 0 aliphatic heterocycles. The quantitative estimate of drug-likeness (QED) is 0.677. The van der Waals surface area contributed by atoms with E-state index < -0.39 is 0 Å². The maximum absolute atomic E-state index is 7.38. The van der Waals surface area contributed by atoms with Crippen molar-refractivity contribution in [2.45, 2.75) is 13.8 Å². The number of hydrogen-bond donors (Lipinski definition) is 1. The summed E-state index contributed by atoms with van der Waals surface area (Å²) in [6.45, 7) is 3.60. The lowest BCUT2D eigenvalue weighted by atomic mass is 10.2. The number of rotatable bonds is 2. The Balaban J connectivity index is 3.13. The van der Waals surface area contributed by atoms with Crippen LogP contribution in [0.4, 0.5) is 0 Å². The second-order valence-electron chi connectivity index (χ2n) is 2.64. The predicted molar refractivity (Wildman–Crippen MR) is 48.0 cm³/mol. The van der Waals surface area contributed by atoms with Crippen LogP contribution in [0, 0.1) is 12.3 Å². The van der Waals surface area contributed by atoms with Crippen molar-refractivity contribution in [3.8, 4) is 5.75 Å². The second kappa shape index (κ2) is 3.34. The fourth-order valence-corrected chi connectivity index (χ4v) is 0.925. The van der Waals surface area contributed by atoms with Gasteiger partial charge in [-0.1, -0.05) is 0 Å². The third-order valence-corrected chi connectivity index (χ3v) is 1.69. The molecular formula is C9H12N2O. The molecule has 0 aromatic carbocycles. The molecule has 1 aromatic rings. The highest BCUT2D eigenvalue weighted by Crippen LogP contribution is 2.16. The number of methoxy groups -OCH3 is 1. The van der Waals surface area contributed by atoms with E-state index >= 15 is 0 Å².